The number of benzene rings is 1. The van der Waals surface area contributed by atoms with Crippen molar-refractivity contribution in [3.05, 3.63) is 54.6 Å². The number of tetrazole rings is 1. The summed E-state index contributed by atoms with van der Waals surface area (Å²) < 4.78 is 15.2. The molecule has 0 amide bonds. The van der Waals surface area contributed by atoms with Gasteiger partial charge in [0.15, 0.2) is 0 Å². The molecule has 8 heteroatoms. The van der Waals surface area contributed by atoms with Crippen LogP contribution < -0.4 is 5.32 Å². The normalized spacial score (nSPS) is 10.4. The number of rotatable bonds is 4. The summed E-state index contributed by atoms with van der Waals surface area (Å²) in [4.78, 5) is 8.06. The van der Waals surface area contributed by atoms with Gasteiger partial charge in [0.1, 0.15) is 12.1 Å². The second kappa shape index (κ2) is 5.39. The molecule has 100 valence electrons. The van der Waals surface area contributed by atoms with Crippen LogP contribution in [0.25, 0.3) is 5.69 Å². The van der Waals surface area contributed by atoms with Gasteiger partial charge in [-0.1, -0.05) is 0 Å². The van der Waals surface area contributed by atoms with Crippen LogP contribution in [-0.2, 0) is 6.54 Å². The standard InChI is InChI=1S/C12H10FN7/c13-11-2-1-10(20-8-17-18-19-20)5-12(11)16-7-9-6-14-3-4-15-9/h1-6,8,16H,7H2. The monoisotopic (exact) mass is 271 g/mol. The Bertz CT molecular complexity index is 684. The van der Waals surface area contributed by atoms with Gasteiger partial charge >= 0.3 is 0 Å². The Morgan fingerprint density at radius 3 is 2.95 bits per heavy atom. The molecule has 0 aliphatic heterocycles. The van der Waals surface area contributed by atoms with Crippen molar-refractivity contribution in [2.24, 2.45) is 0 Å². The number of anilines is 1. The molecule has 3 rings (SSSR count). The van der Waals surface area contributed by atoms with E-state index in [1.54, 1.807) is 30.7 Å². The quantitative estimate of drug-likeness (QED) is 0.768. The Morgan fingerprint density at radius 2 is 2.20 bits per heavy atom. The van der Waals surface area contributed by atoms with E-state index in [-0.39, 0.29) is 5.82 Å². The molecule has 0 aliphatic rings. The highest BCUT2D eigenvalue weighted by Gasteiger charge is 2.06. The van der Waals surface area contributed by atoms with E-state index in [0.717, 1.165) is 5.69 Å². The maximum absolute atomic E-state index is 13.8. The highest BCUT2D eigenvalue weighted by atomic mass is 19.1. The van der Waals surface area contributed by atoms with E-state index in [9.17, 15) is 4.39 Å². The molecule has 0 aliphatic carbocycles. The summed E-state index contributed by atoms with van der Waals surface area (Å²) >= 11 is 0. The van der Waals surface area contributed by atoms with Crippen molar-refractivity contribution in [2.75, 3.05) is 5.32 Å². The maximum Gasteiger partial charge on any atom is 0.146 e. The van der Waals surface area contributed by atoms with Crippen LogP contribution in [0, 0.1) is 5.82 Å². The van der Waals surface area contributed by atoms with E-state index in [1.165, 1.54) is 17.1 Å². The van der Waals surface area contributed by atoms with Crippen LogP contribution in [0.5, 0.6) is 0 Å². The Labute approximate surface area is 113 Å². The van der Waals surface area contributed by atoms with Gasteiger partial charge in [-0.25, -0.2) is 9.07 Å². The summed E-state index contributed by atoms with van der Waals surface area (Å²) in [6, 6.07) is 4.58. The van der Waals surface area contributed by atoms with Crippen molar-refractivity contribution >= 4 is 5.69 Å². The van der Waals surface area contributed by atoms with Crippen molar-refractivity contribution in [2.45, 2.75) is 6.54 Å². The number of hydrogen-bond donors (Lipinski definition) is 1. The van der Waals surface area contributed by atoms with Gasteiger partial charge < -0.3 is 5.32 Å². The van der Waals surface area contributed by atoms with Crippen molar-refractivity contribution in [3.8, 4) is 5.69 Å². The summed E-state index contributed by atoms with van der Waals surface area (Å²) in [6.07, 6.45) is 6.24. The van der Waals surface area contributed by atoms with E-state index in [2.05, 4.69) is 30.8 Å². The summed E-state index contributed by atoms with van der Waals surface area (Å²) in [5.74, 6) is -0.356. The predicted molar refractivity (Wildman–Crippen MR) is 68.5 cm³/mol. The first kappa shape index (κ1) is 12.2. The number of nitrogens with one attached hydrogen (secondary N) is 1. The highest BCUT2D eigenvalue weighted by Crippen LogP contribution is 2.18. The molecule has 0 saturated heterocycles. The second-order valence-corrected chi connectivity index (χ2v) is 3.97. The van der Waals surface area contributed by atoms with Crippen LogP contribution in [0.3, 0.4) is 0 Å². The van der Waals surface area contributed by atoms with Gasteiger partial charge in [-0.2, -0.15) is 0 Å². The molecule has 7 nitrogen and oxygen atoms in total. The van der Waals surface area contributed by atoms with Gasteiger partial charge in [-0.3, -0.25) is 9.97 Å². The summed E-state index contributed by atoms with van der Waals surface area (Å²) in [5, 5.41) is 13.8. The molecular formula is C12H10FN7. The fourth-order valence-electron chi connectivity index (χ4n) is 1.68. The fourth-order valence-corrected chi connectivity index (χ4v) is 1.68. The molecule has 0 atom stereocenters. The molecule has 0 saturated carbocycles. The third-order valence-electron chi connectivity index (χ3n) is 2.64. The predicted octanol–water partition coefficient (Wildman–Crippen LogP) is 1.20. The Kier molecular flexibility index (Phi) is 3.27. The highest BCUT2D eigenvalue weighted by molar-refractivity contribution is 5.52. The average Bonchev–Trinajstić information content (AvgIpc) is 3.02. The van der Waals surface area contributed by atoms with Gasteiger partial charge in [0.05, 0.1) is 29.8 Å². The Morgan fingerprint density at radius 1 is 1.25 bits per heavy atom. The lowest BCUT2D eigenvalue weighted by atomic mass is 10.2. The molecule has 0 spiro atoms. The zero-order valence-corrected chi connectivity index (χ0v) is 10.3. The van der Waals surface area contributed by atoms with Gasteiger partial charge in [0.2, 0.25) is 0 Å². The van der Waals surface area contributed by atoms with Crippen LogP contribution >= 0.6 is 0 Å². The average molecular weight is 271 g/mol. The molecular weight excluding hydrogens is 261 g/mol. The first-order valence-electron chi connectivity index (χ1n) is 5.84. The fraction of sp³-hybridized carbons (Fsp3) is 0.0833. The van der Waals surface area contributed by atoms with Crippen LogP contribution in [0.4, 0.5) is 10.1 Å². The lowest BCUT2D eigenvalue weighted by Gasteiger charge is -2.08. The van der Waals surface area contributed by atoms with Crippen molar-refractivity contribution in [3.63, 3.8) is 0 Å². The zero-order chi connectivity index (χ0) is 13.8. The molecule has 2 heterocycles. The van der Waals surface area contributed by atoms with Gasteiger partial charge in [0, 0.05) is 12.4 Å². The third kappa shape index (κ3) is 2.58. The first-order valence-corrected chi connectivity index (χ1v) is 5.84. The van der Waals surface area contributed by atoms with Crippen LogP contribution in [0.1, 0.15) is 5.69 Å². The minimum atomic E-state index is -0.356. The minimum Gasteiger partial charge on any atom is -0.377 e. The zero-order valence-electron chi connectivity index (χ0n) is 10.3. The molecule has 3 aromatic rings. The second-order valence-electron chi connectivity index (χ2n) is 3.97. The summed E-state index contributed by atoms with van der Waals surface area (Å²) in [6.45, 7) is 0.379. The number of hydrogen-bond acceptors (Lipinski definition) is 6. The van der Waals surface area contributed by atoms with Gasteiger partial charge in [0.25, 0.3) is 0 Å². The topological polar surface area (TPSA) is 81.4 Å². The van der Waals surface area contributed by atoms with Crippen LogP contribution in [-0.4, -0.2) is 30.2 Å². The summed E-state index contributed by atoms with van der Waals surface area (Å²) in [7, 11) is 0. The Balaban J connectivity index is 1.80. The number of halogens is 1. The summed E-state index contributed by atoms with van der Waals surface area (Å²) in [5.41, 5.74) is 1.74. The smallest absolute Gasteiger partial charge is 0.146 e. The maximum atomic E-state index is 13.8. The van der Waals surface area contributed by atoms with Crippen molar-refractivity contribution < 1.29 is 4.39 Å². The van der Waals surface area contributed by atoms with E-state index >= 15 is 0 Å². The van der Waals surface area contributed by atoms with Gasteiger partial charge in [-0.15, -0.1) is 5.10 Å². The minimum absolute atomic E-state index is 0.351. The lowest BCUT2D eigenvalue weighted by molar-refractivity contribution is 0.629. The number of nitrogens with zero attached hydrogens (tertiary/aromatic N) is 6. The largest absolute Gasteiger partial charge is 0.377 e. The third-order valence-corrected chi connectivity index (χ3v) is 2.64. The molecule has 1 N–H and O–H groups in total. The van der Waals surface area contributed by atoms with Crippen LogP contribution in [0.2, 0.25) is 0 Å². The van der Waals surface area contributed by atoms with Crippen LogP contribution in [0.15, 0.2) is 43.1 Å². The lowest BCUT2D eigenvalue weighted by Crippen LogP contribution is -2.05. The van der Waals surface area contributed by atoms with E-state index in [1.807, 2.05) is 0 Å². The van der Waals surface area contributed by atoms with Gasteiger partial charge in [-0.05, 0) is 28.6 Å². The first-order chi connectivity index (χ1) is 9.83. The molecule has 2 aromatic heterocycles. The SMILES string of the molecule is Fc1ccc(-n2cnnn2)cc1NCc1cnccn1. The molecule has 20 heavy (non-hydrogen) atoms. The van der Waals surface area contributed by atoms with Crippen molar-refractivity contribution in [1.29, 1.82) is 0 Å². The van der Waals surface area contributed by atoms with E-state index in [4.69, 9.17) is 0 Å². The number of aromatic nitrogens is 6. The molecule has 0 radical (unpaired) electrons. The Hall–Kier alpha value is -2.90. The molecule has 0 unspecified atom stereocenters. The molecule has 1 aromatic carbocycles. The van der Waals surface area contributed by atoms with E-state index in [0.29, 0.717) is 17.9 Å². The van der Waals surface area contributed by atoms with Crippen molar-refractivity contribution in [1.82, 2.24) is 30.2 Å². The van der Waals surface area contributed by atoms with E-state index < -0.39 is 0 Å². The molecule has 0 bridgehead atoms. The molecule has 0 fully saturated rings.